The maximum atomic E-state index is 12.6. The number of nitrogens with zero attached hydrogens (tertiary/aromatic N) is 1. The highest BCUT2D eigenvalue weighted by Crippen LogP contribution is 2.28. The SMILES string of the molecule is CCc1ccc(-c2nc(C)c(C(=O)NCc3cccc(OC)c3)s2)cc1. The molecule has 0 bridgehead atoms. The number of aromatic nitrogens is 1. The summed E-state index contributed by atoms with van der Waals surface area (Å²) < 4.78 is 5.21. The number of amides is 1. The molecule has 134 valence electrons. The first-order valence-electron chi connectivity index (χ1n) is 8.58. The number of carbonyl (C=O) groups is 1. The van der Waals surface area contributed by atoms with Gasteiger partial charge in [0.2, 0.25) is 0 Å². The van der Waals surface area contributed by atoms with Crippen molar-refractivity contribution in [3.05, 3.63) is 70.2 Å². The van der Waals surface area contributed by atoms with Crippen LogP contribution in [0.25, 0.3) is 10.6 Å². The molecule has 0 radical (unpaired) electrons. The average Bonchev–Trinajstić information content (AvgIpc) is 3.08. The highest BCUT2D eigenvalue weighted by molar-refractivity contribution is 7.17. The van der Waals surface area contributed by atoms with Gasteiger partial charge < -0.3 is 10.1 Å². The van der Waals surface area contributed by atoms with Gasteiger partial charge in [-0.05, 0) is 36.6 Å². The van der Waals surface area contributed by atoms with Crippen molar-refractivity contribution in [1.29, 1.82) is 0 Å². The predicted octanol–water partition coefficient (Wildman–Crippen LogP) is 4.62. The fraction of sp³-hybridized carbons (Fsp3) is 0.238. The molecule has 0 unspecified atom stereocenters. The average molecular weight is 366 g/mol. The number of carbonyl (C=O) groups excluding carboxylic acids is 1. The molecule has 1 heterocycles. The van der Waals surface area contributed by atoms with Crippen LogP contribution in [0.1, 0.15) is 33.4 Å². The first kappa shape index (κ1) is 18.1. The number of benzene rings is 2. The molecular weight excluding hydrogens is 344 g/mol. The Kier molecular flexibility index (Phi) is 5.68. The molecule has 1 aromatic heterocycles. The van der Waals surface area contributed by atoms with E-state index in [0.717, 1.165) is 34.0 Å². The number of hydrogen-bond acceptors (Lipinski definition) is 4. The minimum absolute atomic E-state index is 0.0979. The summed E-state index contributed by atoms with van der Waals surface area (Å²) in [5.74, 6) is 0.683. The normalized spacial score (nSPS) is 10.6. The van der Waals surface area contributed by atoms with E-state index in [0.29, 0.717) is 11.4 Å². The lowest BCUT2D eigenvalue weighted by Gasteiger charge is -2.06. The highest BCUT2D eigenvalue weighted by Gasteiger charge is 2.16. The first-order valence-corrected chi connectivity index (χ1v) is 9.40. The first-order chi connectivity index (χ1) is 12.6. The minimum atomic E-state index is -0.0979. The molecule has 3 aromatic rings. The molecule has 0 saturated carbocycles. The Balaban J connectivity index is 1.72. The number of thiazole rings is 1. The van der Waals surface area contributed by atoms with Gasteiger partial charge in [0, 0.05) is 12.1 Å². The fourth-order valence-electron chi connectivity index (χ4n) is 2.66. The Bertz CT molecular complexity index is 901. The lowest BCUT2D eigenvalue weighted by Crippen LogP contribution is -2.22. The van der Waals surface area contributed by atoms with Crippen molar-refractivity contribution in [3.63, 3.8) is 0 Å². The summed E-state index contributed by atoms with van der Waals surface area (Å²) >= 11 is 1.43. The monoisotopic (exact) mass is 366 g/mol. The molecule has 26 heavy (non-hydrogen) atoms. The predicted molar refractivity (Wildman–Crippen MR) is 106 cm³/mol. The Morgan fingerprint density at radius 1 is 1.15 bits per heavy atom. The third-order valence-corrected chi connectivity index (χ3v) is 5.40. The van der Waals surface area contributed by atoms with E-state index in [-0.39, 0.29) is 5.91 Å². The van der Waals surface area contributed by atoms with E-state index in [1.807, 2.05) is 31.2 Å². The number of hydrogen-bond donors (Lipinski definition) is 1. The van der Waals surface area contributed by atoms with Gasteiger partial charge in [0.25, 0.3) is 5.91 Å². The second-order valence-electron chi connectivity index (χ2n) is 6.02. The molecule has 0 spiro atoms. The van der Waals surface area contributed by atoms with Gasteiger partial charge in [-0.3, -0.25) is 4.79 Å². The summed E-state index contributed by atoms with van der Waals surface area (Å²) in [6.07, 6.45) is 1.01. The molecule has 0 aliphatic rings. The van der Waals surface area contributed by atoms with Crippen LogP contribution >= 0.6 is 11.3 Å². The third kappa shape index (κ3) is 4.11. The second kappa shape index (κ2) is 8.15. The zero-order chi connectivity index (χ0) is 18.5. The van der Waals surface area contributed by atoms with Crippen molar-refractivity contribution < 1.29 is 9.53 Å². The largest absolute Gasteiger partial charge is 0.497 e. The van der Waals surface area contributed by atoms with Gasteiger partial charge in [-0.1, -0.05) is 43.3 Å². The fourth-order valence-corrected chi connectivity index (χ4v) is 3.65. The molecule has 0 aliphatic heterocycles. The van der Waals surface area contributed by atoms with Crippen molar-refractivity contribution in [2.75, 3.05) is 7.11 Å². The number of methoxy groups -OCH3 is 1. The van der Waals surface area contributed by atoms with Crippen molar-refractivity contribution in [2.24, 2.45) is 0 Å². The van der Waals surface area contributed by atoms with E-state index in [1.54, 1.807) is 7.11 Å². The summed E-state index contributed by atoms with van der Waals surface area (Å²) in [5.41, 5.74) is 4.09. The highest BCUT2D eigenvalue weighted by atomic mass is 32.1. The molecular formula is C21H22N2O2S. The van der Waals surface area contributed by atoms with Gasteiger partial charge in [-0.15, -0.1) is 11.3 Å². The summed E-state index contributed by atoms with van der Waals surface area (Å²) in [4.78, 5) is 17.8. The van der Waals surface area contributed by atoms with Crippen LogP contribution in [0.15, 0.2) is 48.5 Å². The molecule has 0 fully saturated rings. The molecule has 4 nitrogen and oxygen atoms in total. The van der Waals surface area contributed by atoms with Gasteiger partial charge in [0.1, 0.15) is 15.6 Å². The maximum absolute atomic E-state index is 12.6. The van der Waals surface area contributed by atoms with Crippen molar-refractivity contribution in [1.82, 2.24) is 10.3 Å². The van der Waals surface area contributed by atoms with E-state index in [9.17, 15) is 4.79 Å². The summed E-state index contributed by atoms with van der Waals surface area (Å²) in [5, 5.41) is 3.84. The van der Waals surface area contributed by atoms with Crippen LogP contribution in [0.4, 0.5) is 0 Å². The molecule has 0 atom stereocenters. The van der Waals surface area contributed by atoms with Crippen LogP contribution in [0, 0.1) is 6.92 Å². The van der Waals surface area contributed by atoms with Crippen molar-refractivity contribution in [3.8, 4) is 16.3 Å². The van der Waals surface area contributed by atoms with Gasteiger partial charge >= 0.3 is 0 Å². The molecule has 5 heteroatoms. The second-order valence-corrected chi connectivity index (χ2v) is 7.02. The van der Waals surface area contributed by atoms with Gasteiger partial charge in [-0.2, -0.15) is 0 Å². The van der Waals surface area contributed by atoms with E-state index >= 15 is 0 Å². The Hall–Kier alpha value is -2.66. The number of nitrogens with one attached hydrogen (secondary N) is 1. The molecule has 3 rings (SSSR count). The lowest BCUT2D eigenvalue weighted by atomic mass is 10.1. The van der Waals surface area contributed by atoms with E-state index in [2.05, 4.69) is 41.5 Å². The molecule has 0 saturated heterocycles. The molecule has 1 amide bonds. The number of rotatable bonds is 6. The summed E-state index contributed by atoms with van der Waals surface area (Å²) in [7, 11) is 1.63. The van der Waals surface area contributed by atoms with E-state index < -0.39 is 0 Å². The van der Waals surface area contributed by atoms with Crippen molar-refractivity contribution >= 4 is 17.2 Å². The molecule has 2 aromatic carbocycles. The smallest absolute Gasteiger partial charge is 0.263 e. The summed E-state index contributed by atoms with van der Waals surface area (Å²) in [6, 6.07) is 16.0. The number of ether oxygens (including phenoxy) is 1. The Labute approximate surface area is 157 Å². The topological polar surface area (TPSA) is 51.2 Å². The van der Waals surface area contributed by atoms with Crippen molar-refractivity contribution in [2.45, 2.75) is 26.8 Å². The zero-order valence-corrected chi connectivity index (χ0v) is 16.0. The summed E-state index contributed by atoms with van der Waals surface area (Å²) in [6.45, 7) is 4.46. The van der Waals surface area contributed by atoms with Crippen LogP contribution in [-0.4, -0.2) is 18.0 Å². The van der Waals surface area contributed by atoms with E-state index in [1.165, 1.54) is 16.9 Å². The van der Waals surface area contributed by atoms with Gasteiger partial charge in [0.15, 0.2) is 0 Å². The Morgan fingerprint density at radius 2 is 1.92 bits per heavy atom. The van der Waals surface area contributed by atoms with Crippen LogP contribution < -0.4 is 10.1 Å². The minimum Gasteiger partial charge on any atom is -0.497 e. The van der Waals surface area contributed by atoms with Crippen LogP contribution in [0.2, 0.25) is 0 Å². The standard InChI is InChI=1S/C21H22N2O2S/c1-4-15-8-10-17(11-9-15)21-23-14(2)19(26-21)20(24)22-13-16-6-5-7-18(12-16)25-3/h5-12H,4,13H2,1-3H3,(H,22,24). The lowest BCUT2D eigenvalue weighted by molar-refractivity contribution is 0.0954. The third-order valence-electron chi connectivity index (χ3n) is 4.20. The van der Waals surface area contributed by atoms with E-state index in [4.69, 9.17) is 4.74 Å². The molecule has 1 N–H and O–H groups in total. The quantitative estimate of drug-likeness (QED) is 0.692. The maximum Gasteiger partial charge on any atom is 0.263 e. The van der Waals surface area contributed by atoms with Crippen LogP contribution in [0.5, 0.6) is 5.75 Å². The molecule has 0 aliphatic carbocycles. The van der Waals surface area contributed by atoms with Gasteiger partial charge in [0.05, 0.1) is 12.8 Å². The van der Waals surface area contributed by atoms with Gasteiger partial charge in [-0.25, -0.2) is 4.98 Å². The van der Waals surface area contributed by atoms with Crippen LogP contribution in [-0.2, 0) is 13.0 Å². The number of aryl methyl sites for hydroxylation is 2. The zero-order valence-electron chi connectivity index (χ0n) is 15.2. The van der Waals surface area contributed by atoms with Crippen LogP contribution in [0.3, 0.4) is 0 Å². The Morgan fingerprint density at radius 3 is 2.62 bits per heavy atom.